The molecule has 0 spiro atoms. The van der Waals surface area contributed by atoms with E-state index in [2.05, 4.69) is 16.3 Å². The van der Waals surface area contributed by atoms with Crippen molar-refractivity contribution in [3.8, 4) is 9.88 Å². The van der Waals surface area contributed by atoms with Gasteiger partial charge in [-0.2, -0.15) is 0 Å². The van der Waals surface area contributed by atoms with Crippen molar-refractivity contribution >= 4 is 38.8 Å². The lowest BCUT2D eigenvalue weighted by Crippen LogP contribution is -2.42. The summed E-state index contributed by atoms with van der Waals surface area (Å²) in [5.74, 6) is 0.202. The maximum atomic E-state index is 13.1. The number of hydrogen-bond acceptors (Lipinski definition) is 5. The molecule has 2 unspecified atom stereocenters. The second kappa shape index (κ2) is 6.20. The van der Waals surface area contributed by atoms with Crippen molar-refractivity contribution in [2.45, 2.75) is 31.3 Å². The van der Waals surface area contributed by atoms with Crippen LogP contribution in [0.3, 0.4) is 0 Å². The molecular formula is C19H19N3OS2. The highest BCUT2D eigenvalue weighted by Crippen LogP contribution is 2.36. The molecule has 2 aliphatic rings. The molecule has 2 aromatic heterocycles. The van der Waals surface area contributed by atoms with Crippen LogP contribution in [0.2, 0.25) is 0 Å². The van der Waals surface area contributed by atoms with Crippen LogP contribution in [0.1, 0.15) is 28.9 Å². The van der Waals surface area contributed by atoms with E-state index in [9.17, 15) is 4.79 Å². The Hall–Kier alpha value is -1.76. The molecule has 6 heteroatoms. The lowest BCUT2D eigenvalue weighted by atomic mass is 10.1. The summed E-state index contributed by atoms with van der Waals surface area (Å²) in [6.45, 7) is 1.95. The number of thiazole rings is 1. The number of rotatable bonds is 2. The second-order valence-corrected chi connectivity index (χ2v) is 8.86. The number of nitrogens with zero attached hydrogens (tertiary/aromatic N) is 2. The van der Waals surface area contributed by atoms with Gasteiger partial charge in [0.1, 0.15) is 5.01 Å². The van der Waals surface area contributed by atoms with Crippen molar-refractivity contribution in [2.75, 3.05) is 13.1 Å². The molecule has 1 aromatic carbocycles. The first-order valence-corrected chi connectivity index (χ1v) is 10.4. The van der Waals surface area contributed by atoms with E-state index in [-0.39, 0.29) is 5.91 Å². The van der Waals surface area contributed by atoms with Gasteiger partial charge in [0.05, 0.1) is 20.0 Å². The third-order valence-corrected chi connectivity index (χ3v) is 7.49. The quantitative estimate of drug-likeness (QED) is 0.743. The standard InChI is InChI=1S/C19H19N3OS2/c23-19(22-12-5-6-13(22)11-20-10-9-12)17-8-7-16(24-17)18-21-14-3-1-2-4-15(14)25-18/h1-4,7-8,12-13,20H,5-6,9-11H2. The molecule has 25 heavy (non-hydrogen) atoms. The Kier molecular flexibility index (Phi) is 3.84. The number of benzene rings is 1. The highest BCUT2D eigenvalue weighted by Gasteiger charge is 2.38. The summed E-state index contributed by atoms with van der Waals surface area (Å²) in [5, 5.41) is 4.47. The molecule has 2 saturated heterocycles. The van der Waals surface area contributed by atoms with Gasteiger partial charge < -0.3 is 10.2 Å². The summed E-state index contributed by atoms with van der Waals surface area (Å²) in [6.07, 6.45) is 3.34. The van der Waals surface area contributed by atoms with Crippen LogP contribution in [0.5, 0.6) is 0 Å². The van der Waals surface area contributed by atoms with Crippen LogP contribution in [0.15, 0.2) is 36.4 Å². The van der Waals surface area contributed by atoms with Crippen molar-refractivity contribution in [3.05, 3.63) is 41.3 Å². The molecule has 5 rings (SSSR count). The molecule has 4 nitrogen and oxygen atoms in total. The molecule has 1 amide bonds. The van der Waals surface area contributed by atoms with Gasteiger partial charge in [0, 0.05) is 18.6 Å². The molecule has 2 aliphatic heterocycles. The van der Waals surface area contributed by atoms with E-state index in [0.717, 1.165) is 52.6 Å². The van der Waals surface area contributed by atoms with Crippen LogP contribution in [-0.2, 0) is 0 Å². The summed E-state index contributed by atoms with van der Waals surface area (Å²) in [5.41, 5.74) is 1.03. The molecule has 0 saturated carbocycles. The van der Waals surface area contributed by atoms with Crippen molar-refractivity contribution in [3.63, 3.8) is 0 Å². The van der Waals surface area contributed by atoms with E-state index in [1.165, 1.54) is 4.70 Å². The fourth-order valence-corrected chi connectivity index (χ4v) is 5.96. The van der Waals surface area contributed by atoms with Gasteiger partial charge in [0.25, 0.3) is 5.91 Å². The summed E-state index contributed by atoms with van der Waals surface area (Å²) >= 11 is 3.27. The van der Waals surface area contributed by atoms with Gasteiger partial charge in [-0.3, -0.25) is 4.79 Å². The van der Waals surface area contributed by atoms with Crippen LogP contribution in [0.4, 0.5) is 0 Å². The Morgan fingerprint density at radius 3 is 2.88 bits per heavy atom. The molecule has 0 aliphatic carbocycles. The van der Waals surface area contributed by atoms with Crippen LogP contribution in [0.25, 0.3) is 20.1 Å². The van der Waals surface area contributed by atoms with Gasteiger partial charge in [-0.25, -0.2) is 4.98 Å². The number of amides is 1. The van der Waals surface area contributed by atoms with Gasteiger partial charge >= 0.3 is 0 Å². The van der Waals surface area contributed by atoms with Gasteiger partial charge in [-0.1, -0.05) is 12.1 Å². The molecule has 0 radical (unpaired) electrons. The largest absolute Gasteiger partial charge is 0.331 e. The van der Waals surface area contributed by atoms with E-state index in [4.69, 9.17) is 4.98 Å². The lowest BCUT2D eigenvalue weighted by molar-refractivity contribution is 0.0685. The average molecular weight is 370 g/mol. The van der Waals surface area contributed by atoms with Gasteiger partial charge in [-0.05, 0) is 50.1 Å². The van der Waals surface area contributed by atoms with Crippen LogP contribution < -0.4 is 5.32 Å². The SMILES string of the molecule is O=C(c1ccc(-c2nc3ccccc3s2)s1)N1C2CCNCC1CC2. The van der Waals surface area contributed by atoms with Crippen molar-refractivity contribution < 1.29 is 4.79 Å². The molecule has 3 aromatic rings. The highest BCUT2D eigenvalue weighted by atomic mass is 32.1. The van der Waals surface area contributed by atoms with Gasteiger partial charge in [0.2, 0.25) is 0 Å². The minimum absolute atomic E-state index is 0.202. The van der Waals surface area contributed by atoms with E-state index in [0.29, 0.717) is 12.1 Å². The van der Waals surface area contributed by atoms with Crippen LogP contribution in [0, 0.1) is 0 Å². The number of hydrogen-bond donors (Lipinski definition) is 1. The molecule has 2 fully saturated rings. The van der Waals surface area contributed by atoms with Crippen LogP contribution >= 0.6 is 22.7 Å². The third-order valence-electron chi connectivity index (χ3n) is 5.21. The summed E-state index contributed by atoms with van der Waals surface area (Å²) in [4.78, 5) is 21.9. The van der Waals surface area contributed by atoms with Crippen LogP contribution in [-0.4, -0.2) is 41.0 Å². The first-order chi connectivity index (χ1) is 12.3. The van der Waals surface area contributed by atoms with E-state index in [1.807, 2.05) is 30.3 Å². The molecule has 1 N–H and O–H groups in total. The predicted molar refractivity (Wildman–Crippen MR) is 103 cm³/mol. The van der Waals surface area contributed by atoms with Gasteiger partial charge in [-0.15, -0.1) is 22.7 Å². The molecular weight excluding hydrogens is 350 g/mol. The smallest absolute Gasteiger partial charge is 0.264 e. The highest BCUT2D eigenvalue weighted by molar-refractivity contribution is 7.26. The maximum Gasteiger partial charge on any atom is 0.264 e. The summed E-state index contributed by atoms with van der Waals surface area (Å²) in [6, 6.07) is 13.0. The summed E-state index contributed by atoms with van der Waals surface area (Å²) < 4.78 is 1.19. The fourth-order valence-electron chi connectivity index (χ4n) is 3.99. The lowest BCUT2D eigenvalue weighted by Gasteiger charge is -2.27. The average Bonchev–Trinajstić information content (AvgIpc) is 3.29. The first-order valence-electron chi connectivity index (χ1n) is 8.79. The number of aromatic nitrogens is 1. The van der Waals surface area contributed by atoms with Crippen molar-refractivity contribution in [2.24, 2.45) is 0 Å². The third kappa shape index (κ3) is 2.69. The normalized spacial score (nSPS) is 23.1. The topological polar surface area (TPSA) is 45.2 Å². The second-order valence-electron chi connectivity index (χ2n) is 6.74. The number of thiophene rings is 1. The minimum Gasteiger partial charge on any atom is -0.331 e. The van der Waals surface area contributed by atoms with Gasteiger partial charge in [0.15, 0.2) is 0 Å². The fraction of sp³-hybridized carbons (Fsp3) is 0.368. The van der Waals surface area contributed by atoms with E-state index in [1.54, 1.807) is 22.7 Å². The Balaban J connectivity index is 1.45. The van der Waals surface area contributed by atoms with Crippen molar-refractivity contribution in [1.29, 1.82) is 0 Å². The predicted octanol–water partition coefficient (Wildman–Crippen LogP) is 3.99. The Bertz CT molecular complexity index is 885. The monoisotopic (exact) mass is 369 g/mol. The molecule has 2 atom stereocenters. The number of fused-ring (bicyclic) bond motifs is 3. The molecule has 128 valence electrons. The summed E-state index contributed by atoms with van der Waals surface area (Å²) in [7, 11) is 0. The van der Waals surface area contributed by atoms with E-state index < -0.39 is 0 Å². The minimum atomic E-state index is 0.202. The maximum absolute atomic E-state index is 13.1. The number of carbonyl (C=O) groups excluding carboxylic acids is 1. The zero-order valence-electron chi connectivity index (χ0n) is 13.8. The van der Waals surface area contributed by atoms with Crippen molar-refractivity contribution in [1.82, 2.24) is 15.2 Å². The number of carbonyl (C=O) groups is 1. The number of nitrogens with one attached hydrogen (secondary N) is 1. The Labute approximate surface area is 154 Å². The Morgan fingerprint density at radius 1 is 1.08 bits per heavy atom. The zero-order valence-corrected chi connectivity index (χ0v) is 15.4. The Morgan fingerprint density at radius 2 is 1.96 bits per heavy atom. The number of para-hydroxylation sites is 1. The zero-order chi connectivity index (χ0) is 16.8. The molecule has 4 heterocycles. The molecule has 2 bridgehead atoms. The first kappa shape index (κ1) is 15.5. The van der Waals surface area contributed by atoms with E-state index >= 15 is 0 Å².